The van der Waals surface area contributed by atoms with Gasteiger partial charge in [0.15, 0.2) is 0 Å². The van der Waals surface area contributed by atoms with E-state index in [0.29, 0.717) is 27.5 Å². The summed E-state index contributed by atoms with van der Waals surface area (Å²) < 4.78 is 0. The molecule has 0 aromatic heterocycles. The van der Waals surface area contributed by atoms with Crippen LogP contribution in [0.4, 0.5) is 5.69 Å². The van der Waals surface area contributed by atoms with Crippen molar-refractivity contribution < 1.29 is 9.59 Å². The highest BCUT2D eigenvalue weighted by atomic mass is 32.2. The van der Waals surface area contributed by atoms with Gasteiger partial charge in [0.1, 0.15) is 0 Å². The molecule has 0 spiro atoms. The van der Waals surface area contributed by atoms with Gasteiger partial charge in [-0.05, 0) is 60.6 Å². The molecule has 1 heterocycles. The van der Waals surface area contributed by atoms with E-state index in [2.05, 4.69) is 0 Å². The van der Waals surface area contributed by atoms with Gasteiger partial charge in [0.2, 0.25) is 0 Å². The molecule has 1 aliphatic rings. The monoisotopic (exact) mass is 362 g/mol. The highest BCUT2D eigenvalue weighted by Gasteiger charge is 2.40. The van der Waals surface area contributed by atoms with Gasteiger partial charge < -0.3 is 0 Å². The van der Waals surface area contributed by atoms with E-state index >= 15 is 0 Å². The maximum absolute atomic E-state index is 13.1. The fourth-order valence-electron chi connectivity index (χ4n) is 2.86. The molecule has 0 unspecified atom stereocenters. The van der Waals surface area contributed by atoms with Crippen LogP contribution in [-0.2, 0) is 9.59 Å². The summed E-state index contributed by atoms with van der Waals surface area (Å²) in [6, 6.07) is 14.3. The molecule has 0 saturated heterocycles. The first kappa shape index (κ1) is 18.0. The van der Waals surface area contributed by atoms with Crippen LogP contribution in [-0.4, -0.2) is 17.6 Å². The summed E-state index contributed by atoms with van der Waals surface area (Å²) in [7, 11) is 0. The largest absolute Gasteiger partial charge is 0.272 e. The van der Waals surface area contributed by atoms with Crippen LogP contribution in [0.2, 0.25) is 0 Å². The van der Waals surface area contributed by atoms with Gasteiger partial charge in [-0.2, -0.15) is 5.26 Å². The highest BCUT2D eigenvalue weighted by molar-refractivity contribution is 8.04. The van der Waals surface area contributed by atoms with Crippen LogP contribution >= 0.6 is 11.8 Å². The molecular formula is C21H18N2O2S. The van der Waals surface area contributed by atoms with Gasteiger partial charge >= 0.3 is 0 Å². The molecule has 0 fully saturated rings. The Bertz CT molecular complexity index is 968. The molecule has 0 aliphatic carbocycles. The van der Waals surface area contributed by atoms with Crippen molar-refractivity contribution >= 4 is 34.8 Å². The third-order valence-corrected chi connectivity index (χ3v) is 5.34. The second-order valence-corrected chi connectivity index (χ2v) is 7.31. The normalized spacial score (nSPS) is 14.2. The van der Waals surface area contributed by atoms with Gasteiger partial charge in [-0.25, -0.2) is 4.90 Å². The molecule has 0 N–H and O–H groups in total. The molecule has 1 aliphatic heterocycles. The number of thioether (sulfide) groups is 1. The Kier molecular flexibility index (Phi) is 4.97. The zero-order chi connectivity index (χ0) is 18.8. The first-order valence-corrected chi connectivity index (χ1v) is 9.30. The number of nitrogens with zero attached hydrogens (tertiary/aromatic N) is 2. The standard InChI is InChI=1S/C21H18N2O2S/c1-4-26-19-18(16-8-5-13(2)14(3)11-16)20(24)23(21(19)25)17-9-6-15(12-22)7-10-17/h5-11H,4H2,1-3H3. The number of benzene rings is 2. The second-order valence-electron chi connectivity index (χ2n) is 6.04. The minimum atomic E-state index is -0.320. The van der Waals surface area contributed by atoms with E-state index in [9.17, 15) is 9.59 Å². The van der Waals surface area contributed by atoms with Crippen LogP contribution in [0.15, 0.2) is 47.4 Å². The molecule has 2 amide bonds. The van der Waals surface area contributed by atoms with Gasteiger partial charge in [-0.1, -0.05) is 25.1 Å². The van der Waals surface area contributed by atoms with Crippen molar-refractivity contribution in [2.75, 3.05) is 10.7 Å². The molecule has 0 radical (unpaired) electrons. The van der Waals surface area contributed by atoms with E-state index in [1.54, 1.807) is 24.3 Å². The Balaban J connectivity index is 2.09. The minimum absolute atomic E-state index is 0.306. The number of amides is 2. The van der Waals surface area contributed by atoms with Gasteiger partial charge in [0, 0.05) is 0 Å². The number of carbonyl (C=O) groups excluding carboxylic acids is 2. The Morgan fingerprint density at radius 3 is 2.27 bits per heavy atom. The predicted molar refractivity (Wildman–Crippen MR) is 105 cm³/mol. The van der Waals surface area contributed by atoms with Gasteiger partial charge in [-0.3, -0.25) is 9.59 Å². The summed E-state index contributed by atoms with van der Waals surface area (Å²) in [6.07, 6.45) is 0. The fourth-order valence-corrected chi connectivity index (χ4v) is 3.71. The Morgan fingerprint density at radius 2 is 1.69 bits per heavy atom. The summed E-state index contributed by atoms with van der Waals surface area (Å²) >= 11 is 1.39. The second kappa shape index (κ2) is 7.19. The van der Waals surface area contributed by atoms with Crippen molar-refractivity contribution in [2.45, 2.75) is 20.8 Å². The summed E-state index contributed by atoms with van der Waals surface area (Å²) in [6.45, 7) is 5.96. The molecule has 0 atom stereocenters. The predicted octanol–water partition coefficient (Wildman–Crippen LogP) is 4.21. The average molecular weight is 362 g/mol. The van der Waals surface area contributed by atoms with Gasteiger partial charge in [0.25, 0.3) is 11.8 Å². The Morgan fingerprint density at radius 1 is 1.00 bits per heavy atom. The van der Waals surface area contributed by atoms with Crippen molar-refractivity contribution in [3.05, 3.63) is 69.6 Å². The number of aryl methyl sites for hydroxylation is 2. The van der Waals surface area contributed by atoms with Gasteiger partial charge in [-0.15, -0.1) is 11.8 Å². The number of anilines is 1. The fraction of sp³-hybridized carbons (Fsp3) is 0.190. The molecule has 5 heteroatoms. The van der Waals surface area contributed by atoms with Gasteiger partial charge in [0.05, 0.1) is 27.8 Å². The quantitative estimate of drug-likeness (QED) is 0.764. The van der Waals surface area contributed by atoms with E-state index in [-0.39, 0.29) is 11.8 Å². The summed E-state index contributed by atoms with van der Waals surface area (Å²) in [4.78, 5) is 27.8. The van der Waals surface area contributed by atoms with Crippen LogP contribution in [0.3, 0.4) is 0 Å². The number of carbonyl (C=O) groups is 2. The van der Waals surface area contributed by atoms with Crippen LogP contribution in [0.5, 0.6) is 0 Å². The molecular weight excluding hydrogens is 344 g/mol. The van der Waals surface area contributed by atoms with E-state index in [1.165, 1.54) is 16.7 Å². The molecule has 2 aromatic carbocycles. The number of imide groups is 1. The molecule has 3 rings (SSSR count). The average Bonchev–Trinajstić information content (AvgIpc) is 2.88. The van der Waals surface area contributed by atoms with Crippen molar-refractivity contribution in [1.29, 1.82) is 5.26 Å². The Labute approximate surface area is 157 Å². The third-order valence-electron chi connectivity index (χ3n) is 4.38. The van der Waals surface area contributed by atoms with Crippen molar-refractivity contribution in [1.82, 2.24) is 0 Å². The third kappa shape index (κ3) is 3.04. The summed E-state index contributed by atoms with van der Waals surface area (Å²) in [5.41, 5.74) is 4.39. The molecule has 2 aromatic rings. The lowest BCUT2D eigenvalue weighted by Gasteiger charge is -2.15. The lowest BCUT2D eigenvalue weighted by molar-refractivity contribution is -0.119. The first-order valence-electron chi connectivity index (χ1n) is 8.31. The molecule has 4 nitrogen and oxygen atoms in total. The number of hydrogen-bond donors (Lipinski definition) is 0. The first-order chi connectivity index (χ1) is 12.5. The molecule has 26 heavy (non-hydrogen) atoms. The van der Waals surface area contributed by atoms with Crippen molar-refractivity contribution in [2.24, 2.45) is 0 Å². The number of hydrogen-bond acceptors (Lipinski definition) is 4. The number of nitriles is 1. The van der Waals surface area contributed by atoms with Crippen molar-refractivity contribution in [3.8, 4) is 6.07 Å². The summed E-state index contributed by atoms with van der Waals surface area (Å²) in [5.74, 6) is 0.0721. The van der Waals surface area contributed by atoms with Crippen LogP contribution in [0, 0.1) is 25.2 Å². The maximum atomic E-state index is 13.1. The maximum Gasteiger partial charge on any atom is 0.272 e. The highest BCUT2D eigenvalue weighted by Crippen LogP contribution is 2.38. The molecule has 0 bridgehead atoms. The van der Waals surface area contributed by atoms with Crippen LogP contribution in [0.1, 0.15) is 29.2 Å². The van der Waals surface area contributed by atoms with E-state index in [1.807, 2.05) is 45.0 Å². The Hall–Kier alpha value is -2.84. The minimum Gasteiger partial charge on any atom is -0.268 e. The van der Waals surface area contributed by atoms with Crippen LogP contribution < -0.4 is 4.90 Å². The van der Waals surface area contributed by atoms with Crippen molar-refractivity contribution in [3.63, 3.8) is 0 Å². The lowest BCUT2D eigenvalue weighted by atomic mass is 10.0. The molecule has 0 saturated carbocycles. The van der Waals surface area contributed by atoms with E-state index in [0.717, 1.165) is 16.7 Å². The summed E-state index contributed by atoms with van der Waals surface area (Å²) in [5, 5.41) is 8.94. The molecule has 130 valence electrons. The number of rotatable bonds is 4. The topological polar surface area (TPSA) is 61.2 Å². The van der Waals surface area contributed by atoms with Crippen LogP contribution in [0.25, 0.3) is 5.57 Å². The smallest absolute Gasteiger partial charge is 0.268 e. The lowest BCUT2D eigenvalue weighted by Crippen LogP contribution is -2.31. The zero-order valence-corrected chi connectivity index (χ0v) is 15.7. The van der Waals surface area contributed by atoms with E-state index < -0.39 is 0 Å². The zero-order valence-electron chi connectivity index (χ0n) is 14.9. The van der Waals surface area contributed by atoms with E-state index in [4.69, 9.17) is 5.26 Å². The SMILES string of the molecule is CCSC1=C(c2ccc(C)c(C)c2)C(=O)N(c2ccc(C#N)cc2)C1=O.